The summed E-state index contributed by atoms with van der Waals surface area (Å²) in [5.74, 6) is 2.91. The molecule has 0 unspecified atom stereocenters. The molecule has 2 aromatic heterocycles. The van der Waals surface area contributed by atoms with E-state index < -0.39 is 0 Å². The predicted octanol–water partition coefficient (Wildman–Crippen LogP) is 3.54. The van der Waals surface area contributed by atoms with Crippen LogP contribution < -0.4 is 5.32 Å². The lowest BCUT2D eigenvalue weighted by Gasteiger charge is -2.31. The standard InChI is InChI=1S/C19H29N5S.ClH/c1-19(2,3)16-5-4-15(25-16)13-23-9-6-14(7-10-23)18-22-21-17-12-20-8-11-24(17)18;/h4-5,14,20H,6-13H2,1-3H3;1H. The third-order valence-corrected chi connectivity index (χ3v) is 6.88. The number of thiophene rings is 1. The summed E-state index contributed by atoms with van der Waals surface area (Å²) < 4.78 is 2.35. The Hall–Kier alpha value is -0.950. The molecule has 26 heavy (non-hydrogen) atoms. The van der Waals surface area contributed by atoms with E-state index in [1.807, 2.05) is 11.3 Å². The first-order valence-corrected chi connectivity index (χ1v) is 10.3. The third-order valence-electron chi connectivity index (χ3n) is 5.38. The molecule has 1 fully saturated rings. The van der Waals surface area contributed by atoms with Crippen LogP contribution in [0.5, 0.6) is 0 Å². The fourth-order valence-electron chi connectivity index (χ4n) is 3.85. The summed E-state index contributed by atoms with van der Waals surface area (Å²) in [7, 11) is 0. The number of likely N-dealkylation sites (tertiary alicyclic amines) is 1. The number of rotatable bonds is 3. The van der Waals surface area contributed by atoms with Crippen molar-refractivity contribution in [1.29, 1.82) is 0 Å². The number of nitrogens with one attached hydrogen (secondary N) is 1. The van der Waals surface area contributed by atoms with Crippen LogP contribution in [-0.4, -0.2) is 39.3 Å². The van der Waals surface area contributed by atoms with E-state index in [2.05, 4.69) is 57.9 Å². The minimum atomic E-state index is 0. The second-order valence-corrected chi connectivity index (χ2v) is 9.54. The summed E-state index contributed by atoms with van der Waals surface area (Å²) in [5.41, 5.74) is 0.261. The Kier molecular flexibility index (Phi) is 6.07. The normalized spacial score (nSPS) is 19.2. The largest absolute Gasteiger partial charge is 0.312 e. The number of halogens is 1. The minimum Gasteiger partial charge on any atom is -0.312 e. The molecule has 4 heterocycles. The maximum Gasteiger partial charge on any atom is 0.147 e. The van der Waals surface area contributed by atoms with E-state index in [1.165, 1.54) is 28.4 Å². The smallest absolute Gasteiger partial charge is 0.147 e. The summed E-state index contributed by atoms with van der Waals surface area (Å²) in [4.78, 5) is 5.58. The van der Waals surface area contributed by atoms with Crippen molar-refractivity contribution in [1.82, 2.24) is 25.0 Å². The predicted molar refractivity (Wildman–Crippen MR) is 109 cm³/mol. The molecule has 1 N–H and O–H groups in total. The SMILES string of the molecule is CC(C)(C)c1ccc(CN2CCC(c3nnc4n3CCNC4)CC2)s1.Cl. The molecule has 0 amide bonds. The third kappa shape index (κ3) is 4.14. The van der Waals surface area contributed by atoms with Gasteiger partial charge in [-0.25, -0.2) is 0 Å². The molecule has 0 aromatic carbocycles. The maximum absolute atomic E-state index is 4.52. The second-order valence-electron chi connectivity index (χ2n) is 8.37. The van der Waals surface area contributed by atoms with Gasteiger partial charge >= 0.3 is 0 Å². The molecular weight excluding hydrogens is 366 g/mol. The molecule has 0 aliphatic carbocycles. The van der Waals surface area contributed by atoms with Crippen LogP contribution in [0, 0.1) is 0 Å². The molecule has 7 heteroatoms. The van der Waals surface area contributed by atoms with E-state index in [1.54, 1.807) is 0 Å². The Bertz CT molecular complexity index is 725. The van der Waals surface area contributed by atoms with E-state index in [0.29, 0.717) is 5.92 Å². The van der Waals surface area contributed by atoms with Crippen molar-refractivity contribution in [3.63, 3.8) is 0 Å². The highest BCUT2D eigenvalue weighted by molar-refractivity contribution is 7.12. The number of nitrogens with zero attached hydrogens (tertiary/aromatic N) is 4. The van der Waals surface area contributed by atoms with Gasteiger partial charge in [-0.1, -0.05) is 20.8 Å². The Labute approximate surface area is 166 Å². The van der Waals surface area contributed by atoms with Gasteiger partial charge in [-0.05, 0) is 43.5 Å². The van der Waals surface area contributed by atoms with Crippen molar-refractivity contribution in [2.24, 2.45) is 0 Å². The zero-order chi connectivity index (χ0) is 17.4. The van der Waals surface area contributed by atoms with Crippen LogP contribution in [-0.2, 0) is 25.0 Å². The highest BCUT2D eigenvalue weighted by Crippen LogP contribution is 2.32. The summed E-state index contributed by atoms with van der Waals surface area (Å²) in [6, 6.07) is 4.63. The Morgan fingerprint density at radius 2 is 1.92 bits per heavy atom. The molecule has 0 radical (unpaired) electrons. The van der Waals surface area contributed by atoms with E-state index in [0.717, 1.165) is 45.1 Å². The van der Waals surface area contributed by atoms with Crippen LogP contribution in [0.25, 0.3) is 0 Å². The number of fused-ring (bicyclic) bond motifs is 1. The average molecular weight is 396 g/mol. The van der Waals surface area contributed by atoms with Crippen LogP contribution in [0.3, 0.4) is 0 Å². The van der Waals surface area contributed by atoms with Gasteiger partial charge < -0.3 is 9.88 Å². The number of aromatic nitrogens is 3. The van der Waals surface area contributed by atoms with Crippen molar-refractivity contribution >= 4 is 23.7 Å². The molecule has 2 aliphatic rings. The van der Waals surface area contributed by atoms with Gasteiger partial charge in [0.25, 0.3) is 0 Å². The summed E-state index contributed by atoms with van der Waals surface area (Å²) >= 11 is 1.98. The molecule has 144 valence electrons. The van der Waals surface area contributed by atoms with Gasteiger partial charge in [0, 0.05) is 35.3 Å². The molecular formula is C19H30ClN5S. The first-order valence-electron chi connectivity index (χ1n) is 9.45. The molecule has 1 saturated heterocycles. The van der Waals surface area contributed by atoms with Gasteiger partial charge in [0.1, 0.15) is 11.6 Å². The maximum atomic E-state index is 4.52. The van der Waals surface area contributed by atoms with Gasteiger partial charge in [-0.2, -0.15) is 0 Å². The first-order chi connectivity index (χ1) is 12.0. The molecule has 0 atom stereocenters. The summed E-state index contributed by atoms with van der Waals surface area (Å²) in [6.07, 6.45) is 2.39. The van der Waals surface area contributed by atoms with Crippen molar-refractivity contribution in [3.8, 4) is 0 Å². The van der Waals surface area contributed by atoms with E-state index in [-0.39, 0.29) is 17.8 Å². The molecule has 2 aromatic rings. The van der Waals surface area contributed by atoms with Crippen molar-refractivity contribution in [3.05, 3.63) is 33.5 Å². The van der Waals surface area contributed by atoms with Gasteiger partial charge in [0.2, 0.25) is 0 Å². The highest BCUT2D eigenvalue weighted by atomic mass is 35.5. The Morgan fingerprint density at radius 3 is 2.62 bits per heavy atom. The lowest BCUT2D eigenvalue weighted by atomic mass is 9.95. The van der Waals surface area contributed by atoms with Crippen LogP contribution in [0.1, 0.15) is 60.9 Å². The Balaban J connectivity index is 0.00000196. The quantitative estimate of drug-likeness (QED) is 0.863. The fraction of sp³-hybridized carbons (Fsp3) is 0.684. The Morgan fingerprint density at radius 1 is 1.15 bits per heavy atom. The van der Waals surface area contributed by atoms with Gasteiger partial charge in [0.15, 0.2) is 0 Å². The number of hydrogen-bond acceptors (Lipinski definition) is 5. The highest BCUT2D eigenvalue weighted by Gasteiger charge is 2.27. The van der Waals surface area contributed by atoms with Crippen LogP contribution in [0.15, 0.2) is 12.1 Å². The lowest BCUT2D eigenvalue weighted by molar-refractivity contribution is 0.201. The molecule has 4 rings (SSSR count). The topological polar surface area (TPSA) is 46.0 Å². The molecule has 2 aliphatic heterocycles. The van der Waals surface area contributed by atoms with Gasteiger partial charge in [-0.15, -0.1) is 33.9 Å². The molecule has 0 bridgehead atoms. The van der Waals surface area contributed by atoms with Gasteiger partial charge in [0.05, 0.1) is 6.54 Å². The first kappa shape index (κ1) is 19.8. The van der Waals surface area contributed by atoms with Crippen molar-refractivity contribution in [2.45, 2.75) is 64.6 Å². The second kappa shape index (κ2) is 7.97. The van der Waals surface area contributed by atoms with E-state index in [4.69, 9.17) is 0 Å². The zero-order valence-corrected chi connectivity index (χ0v) is 17.6. The summed E-state index contributed by atoms with van der Waals surface area (Å²) in [6.45, 7) is 13.2. The lowest BCUT2D eigenvalue weighted by Crippen LogP contribution is -2.34. The van der Waals surface area contributed by atoms with E-state index in [9.17, 15) is 0 Å². The van der Waals surface area contributed by atoms with Crippen molar-refractivity contribution < 1.29 is 0 Å². The number of hydrogen-bond donors (Lipinski definition) is 1. The molecule has 5 nitrogen and oxygen atoms in total. The number of piperidine rings is 1. The van der Waals surface area contributed by atoms with Crippen LogP contribution >= 0.6 is 23.7 Å². The van der Waals surface area contributed by atoms with Crippen LogP contribution in [0.4, 0.5) is 0 Å². The fourth-order valence-corrected chi connectivity index (χ4v) is 4.96. The van der Waals surface area contributed by atoms with Crippen LogP contribution in [0.2, 0.25) is 0 Å². The van der Waals surface area contributed by atoms with Gasteiger partial charge in [-0.3, -0.25) is 4.90 Å². The summed E-state index contributed by atoms with van der Waals surface area (Å²) in [5, 5.41) is 12.3. The van der Waals surface area contributed by atoms with Crippen molar-refractivity contribution in [2.75, 3.05) is 19.6 Å². The zero-order valence-electron chi connectivity index (χ0n) is 16.0. The average Bonchev–Trinajstić information content (AvgIpc) is 3.22. The minimum absolute atomic E-state index is 0. The monoisotopic (exact) mass is 395 g/mol. The molecule has 0 saturated carbocycles. The van der Waals surface area contributed by atoms with E-state index >= 15 is 0 Å². The molecule has 0 spiro atoms.